The van der Waals surface area contributed by atoms with Crippen molar-refractivity contribution in [2.75, 3.05) is 5.01 Å². The lowest BCUT2D eigenvalue weighted by Crippen LogP contribution is -2.35. The molecule has 0 atom stereocenters. The zero-order valence-electron chi connectivity index (χ0n) is 11.6. The predicted octanol–water partition coefficient (Wildman–Crippen LogP) is 3.27. The number of benzene rings is 2. The summed E-state index contributed by atoms with van der Waals surface area (Å²) >= 11 is 9.19. The first kappa shape index (κ1) is 15.6. The Balaban J connectivity index is 1.99. The molecule has 5 nitrogen and oxygen atoms in total. The van der Waals surface area contributed by atoms with E-state index in [2.05, 4.69) is 21.4 Å². The third-order valence-corrected chi connectivity index (χ3v) is 3.98. The van der Waals surface area contributed by atoms with Crippen molar-refractivity contribution >= 4 is 51.1 Å². The zero-order valence-corrected chi connectivity index (χ0v) is 13.9. The van der Waals surface area contributed by atoms with Gasteiger partial charge in [0.05, 0.1) is 5.69 Å². The van der Waals surface area contributed by atoms with Crippen LogP contribution in [-0.2, 0) is 9.59 Å². The number of hydrazine groups is 1. The largest absolute Gasteiger partial charge is 0.507 e. The van der Waals surface area contributed by atoms with Crippen LogP contribution in [0.1, 0.15) is 5.56 Å². The predicted molar refractivity (Wildman–Crippen MR) is 90.9 cm³/mol. The van der Waals surface area contributed by atoms with Crippen molar-refractivity contribution in [1.29, 1.82) is 0 Å². The smallest absolute Gasteiger partial charge is 0.282 e. The summed E-state index contributed by atoms with van der Waals surface area (Å²) in [6, 6.07) is 11.3. The molecule has 2 aromatic rings. The Hall–Kier alpha value is -2.31. The third-order valence-electron chi connectivity index (χ3n) is 3.25. The molecule has 23 heavy (non-hydrogen) atoms. The molecule has 1 heterocycles. The van der Waals surface area contributed by atoms with Crippen LogP contribution in [0, 0.1) is 0 Å². The highest BCUT2D eigenvalue weighted by molar-refractivity contribution is 9.10. The highest BCUT2D eigenvalue weighted by atomic mass is 79.9. The second-order valence-corrected chi connectivity index (χ2v) is 6.17. The normalized spacial score (nSPS) is 16.1. The number of nitrogens with one attached hydrogen (secondary N) is 1. The van der Waals surface area contributed by atoms with E-state index < -0.39 is 11.8 Å². The van der Waals surface area contributed by atoms with Gasteiger partial charge in [-0.05, 0) is 42.5 Å². The summed E-state index contributed by atoms with van der Waals surface area (Å²) in [6.45, 7) is 0. The maximum absolute atomic E-state index is 12.5. The van der Waals surface area contributed by atoms with E-state index in [4.69, 9.17) is 11.6 Å². The first-order chi connectivity index (χ1) is 11.0. The number of anilines is 1. The molecule has 0 aromatic heterocycles. The van der Waals surface area contributed by atoms with Gasteiger partial charge in [0.2, 0.25) is 0 Å². The van der Waals surface area contributed by atoms with Crippen LogP contribution < -0.4 is 10.4 Å². The number of halogens is 2. The minimum Gasteiger partial charge on any atom is -0.507 e. The molecule has 0 bridgehead atoms. The number of hydrogen-bond donors (Lipinski definition) is 2. The van der Waals surface area contributed by atoms with Crippen molar-refractivity contribution in [2.24, 2.45) is 0 Å². The number of aromatic hydroxyl groups is 1. The number of nitrogens with zero attached hydrogens (tertiary/aromatic N) is 1. The van der Waals surface area contributed by atoms with Gasteiger partial charge in [-0.2, -0.15) is 0 Å². The maximum Gasteiger partial charge on any atom is 0.282 e. The lowest BCUT2D eigenvalue weighted by molar-refractivity contribution is -0.117. The summed E-state index contributed by atoms with van der Waals surface area (Å²) < 4.78 is 0.722. The fourth-order valence-corrected chi connectivity index (χ4v) is 2.71. The Labute approximate surface area is 145 Å². The lowest BCUT2D eigenvalue weighted by Gasteiger charge is -2.14. The Morgan fingerprint density at radius 2 is 1.96 bits per heavy atom. The van der Waals surface area contributed by atoms with Gasteiger partial charge in [0.15, 0.2) is 0 Å². The molecule has 0 spiro atoms. The van der Waals surface area contributed by atoms with Crippen LogP contribution in [-0.4, -0.2) is 16.9 Å². The van der Waals surface area contributed by atoms with Crippen molar-refractivity contribution < 1.29 is 14.7 Å². The number of carbonyl (C=O) groups is 2. The molecule has 1 saturated heterocycles. The fraction of sp³-hybridized carbons (Fsp3) is 0. The van der Waals surface area contributed by atoms with Gasteiger partial charge in [-0.15, -0.1) is 0 Å². The molecular formula is C16H10BrClN2O3. The minimum atomic E-state index is -0.547. The second-order valence-electron chi connectivity index (χ2n) is 4.82. The van der Waals surface area contributed by atoms with Gasteiger partial charge >= 0.3 is 0 Å². The van der Waals surface area contributed by atoms with E-state index in [0.29, 0.717) is 16.3 Å². The van der Waals surface area contributed by atoms with Crippen molar-refractivity contribution in [2.45, 2.75) is 0 Å². The van der Waals surface area contributed by atoms with Gasteiger partial charge in [-0.1, -0.05) is 33.6 Å². The standard InChI is InChI=1S/C16H10BrClN2O3/c17-10-4-5-14(21)9(6-10)7-13-15(22)19-20(16(13)23)12-3-1-2-11(18)8-12/h1-8,21H,(H,19,22). The Morgan fingerprint density at radius 3 is 2.70 bits per heavy atom. The molecule has 0 aliphatic carbocycles. The van der Waals surface area contributed by atoms with Gasteiger partial charge in [0.25, 0.3) is 11.8 Å². The number of amides is 2. The number of hydrogen-bond acceptors (Lipinski definition) is 3. The quantitative estimate of drug-likeness (QED) is 0.608. The molecule has 0 saturated carbocycles. The molecule has 1 aliphatic heterocycles. The van der Waals surface area contributed by atoms with E-state index in [1.54, 1.807) is 36.4 Å². The molecular weight excluding hydrogens is 384 g/mol. The Kier molecular flexibility index (Phi) is 4.11. The third kappa shape index (κ3) is 3.09. The molecule has 2 N–H and O–H groups in total. The van der Waals surface area contributed by atoms with E-state index in [-0.39, 0.29) is 11.3 Å². The average molecular weight is 394 g/mol. The molecule has 1 fully saturated rings. The molecule has 0 unspecified atom stereocenters. The molecule has 0 radical (unpaired) electrons. The zero-order chi connectivity index (χ0) is 16.6. The van der Waals surface area contributed by atoms with Crippen molar-refractivity contribution in [1.82, 2.24) is 5.43 Å². The maximum atomic E-state index is 12.5. The van der Waals surface area contributed by atoms with Crippen molar-refractivity contribution in [3.05, 3.63) is 63.1 Å². The van der Waals surface area contributed by atoms with Crippen LogP contribution >= 0.6 is 27.5 Å². The fourth-order valence-electron chi connectivity index (χ4n) is 2.15. The SMILES string of the molecule is O=C1NN(c2cccc(Cl)c2)C(=O)C1=Cc1cc(Br)ccc1O. The summed E-state index contributed by atoms with van der Waals surface area (Å²) in [7, 11) is 0. The minimum absolute atomic E-state index is 0.0255. The molecule has 1 aliphatic rings. The van der Waals surface area contributed by atoms with Crippen LogP contribution in [0.5, 0.6) is 5.75 Å². The molecule has 2 aromatic carbocycles. The van der Waals surface area contributed by atoms with Gasteiger partial charge in [0.1, 0.15) is 11.3 Å². The van der Waals surface area contributed by atoms with E-state index in [9.17, 15) is 14.7 Å². The molecule has 7 heteroatoms. The van der Waals surface area contributed by atoms with Crippen molar-refractivity contribution in [3.63, 3.8) is 0 Å². The van der Waals surface area contributed by atoms with Crippen molar-refractivity contribution in [3.8, 4) is 5.75 Å². The Morgan fingerprint density at radius 1 is 1.17 bits per heavy atom. The number of carbonyl (C=O) groups excluding carboxylic acids is 2. The monoisotopic (exact) mass is 392 g/mol. The molecule has 116 valence electrons. The summed E-state index contributed by atoms with van der Waals surface area (Å²) in [6.07, 6.45) is 1.35. The van der Waals surface area contributed by atoms with Gasteiger partial charge in [-0.25, -0.2) is 5.01 Å². The molecule has 2 amide bonds. The molecule has 3 rings (SSSR count). The highest BCUT2D eigenvalue weighted by Crippen LogP contribution is 2.27. The first-order valence-corrected chi connectivity index (χ1v) is 7.74. The van der Waals surface area contributed by atoms with Crippen LogP contribution in [0.2, 0.25) is 5.02 Å². The van der Waals surface area contributed by atoms with Gasteiger partial charge in [-0.3, -0.25) is 15.0 Å². The van der Waals surface area contributed by atoms with E-state index in [1.807, 2.05) is 0 Å². The second kappa shape index (κ2) is 6.06. The van der Waals surface area contributed by atoms with Crippen LogP contribution in [0.4, 0.5) is 5.69 Å². The highest BCUT2D eigenvalue weighted by Gasteiger charge is 2.34. The van der Waals surface area contributed by atoms with E-state index in [1.165, 1.54) is 12.1 Å². The summed E-state index contributed by atoms with van der Waals surface area (Å²) in [4.78, 5) is 24.6. The summed E-state index contributed by atoms with van der Waals surface area (Å²) in [5.41, 5.74) is 3.23. The van der Waals surface area contributed by atoms with E-state index >= 15 is 0 Å². The van der Waals surface area contributed by atoms with Gasteiger partial charge in [0, 0.05) is 15.1 Å². The van der Waals surface area contributed by atoms with Crippen LogP contribution in [0.3, 0.4) is 0 Å². The Bertz CT molecular complexity index is 851. The van der Waals surface area contributed by atoms with Crippen LogP contribution in [0.15, 0.2) is 52.5 Å². The van der Waals surface area contributed by atoms with Crippen LogP contribution in [0.25, 0.3) is 6.08 Å². The number of phenols is 1. The van der Waals surface area contributed by atoms with E-state index in [0.717, 1.165) is 9.48 Å². The lowest BCUT2D eigenvalue weighted by atomic mass is 10.1. The van der Waals surface area contributed by atoms with Gasteiger partial charge < -0.3 is 5.11 Å². The summed E-state index contributed by atoms with van der Waals surface area (Å²) in [5, 5.41) is 11.4. The topological polar surface area (TPSA) is 69.6 Å². The summed E-state index contributed by atoms with van der Waals surface area (Å²) in [5.74, 6) is -1.09. The number of rotatable bonds is 2. The average Bonchev–Trinajstić information content (AvgIpc) is 2.79. The number of phenolic OH excluding ortho intramolecular Hbond substituents is 1. The first-order valence-electron chi connectivity index (χ1n) is 6.57.